The number of anilines is 2. The molecule has 0 spiro atoms. The summed E-state index contributed by atoms with van der Waals surface area (Å²) in [7, 11) is 5.30. The number of likely N-dealkylation sites (N-methyl/N-ethyl adjacent to an activating group) is 1. The number of carbonyl (C=O) groups excluding carboxylic acids is 2. The average Bonchev–Trinajstić information content (AvgIpc) is 0.757. The van der Waals surface area contributed by atoms with Crippen LogP contribution in [0.25, 0.3) is 177 Å². The van der Waals surface area contributed by atoms with Crippen molar-refractivity contribution in [2.75, 3.05) is 45.0 Å². The molecule has 0 aliphatic carbocycles. The maximum Gasteiger partial charge on any atom is 0.260 e. The molecule has 616 valence electrons. The molecule has 2 amide bonds. The standard InChI is InChI=1S/C26H21FN6O.C24H16F2N4O2.C24H16FN5O.C24H16FN3O/c1-33(2)15-23(34)32-26-18-10-12-28-24(16(18)9-13-30-26)20-14-22(19-6-3-4-8-21(19)27)31-25-17(20)7-5-11-29-25;25-14-3-4-21(26)18(10-14)22-11-17(16-2-1-6-28-23(16)29-22)20-13-30(8-9-31)24(32)19-12-27-7-5-15(19)20;1-14(31)29-23-17-9-11-26-22(15(17)8-12-28-23)19-13-21(18-5-2-3-7-20(18)25)30-24-16(19)6-4-10-27-24;1-29-22-9-8-15-14-26-12-10-16(15)23(22)19-13-21(18-5-2-3-7-20(18)25)28-24-17(19)6-4-11-27-24/h3-14H,15H2,1-2H3,(H,30,32,34);1-7,10-13,31H,8-9H2;2-13H,1H3,(H,28,29,31);2-14H,1H3. The van der Waals surface area contributed by atoms with Gasteiger partial charge in [0.25, 0.3) is 5.56 Å². The van der Waals surface area contributed by atoms with E-state index in [4.69, 9.17) is 4.74 Å². The summed E-state index contributed by atoms with van der Waals surface area (Å²) < 4.78 is 79.2. The fourth-order valence-corrected chi connectivity index (χ4v) is 15.1. The molecule has 0 saturated carbocycles. The summed E-state index contributed by atoms with van der Waals surface area (Å²) in [6, 6.07) is 59.8. The second kappa shape index (κ2) is 36.1. The highest BCUT2D eigenvalue weighted by Crippen LogP contribution is 2.44. The van der Waals surface area contributed by atoms with Crippen LogP contribution in [0.1, 0.15) is 6.92 Å². The zero-order valence-corrected chi connectivity index (χ0v) is 67.5. The molecule has 0 radical (unpaired) electrons. The first-order valence-corrected chi connectivity index (χ1v) is 39.4. The summed E-state index contributed by atoms with van der Waals surface area (Å²) in [5.74, 6) is -0.981. The normalized spacial score (nSPS) is 11.2. The lowest BCUT2D eigenvalue weighted by atomic mass is 9.94. The van der Waals surface area contributed by atoms with Gasteiger partial charge in [0.2, 0.25) is 11.8 Å². The fraction of sp³-hybridized carbons (Fsp3) is 0.0714. The topological polar surface area (TPSA) is 293 Å². The molecule has 20 rings (SSSR count). The minimum atomic E-state index is -0.612. The van der Waals surface area contributed by atoms with E-state index in [1.807, 2.05) is 117 Å². The number of hydrogen-bond acceptors (Lipinski definition) is 20. The van der Waals surface area contributed by atoms with Crippen molar-refractivity contribution >= 4 is 111 Å². The minimum Gasteiger partial charge on any atom is -0.496 e. The van der Waals surface area contributed by atoms with Gasteiger partial charge in [-0.15, -0.1) is 0 Å². The second-order valence-electron chi connectivity index (χ2n) is 29.0. The summed E-state index contributed by atoms with van der Waals surface area (Å²) in [6.07, 6.45) is 21.4. The average molecular weight is 1670 g/mol. The van der Waals surface area contributed by atoms with Crippen molar-refractivity contribution in [3.63, 3.8) is 0 Å². The number of methoxy groups -OCH3 is 1. The molecule has 0 unspecified atom stereocenters. The van der Waals surface area contributed by atoms with Crippen LogP contribution < -0.4 is 20.9 Å². The number of halogens is 5. The van der Waals surface area contributed by atoms with Crippen LogP contribution in [0.2, 0.25) is 0 Å². The molecule has 0 bridgehead atoms. The van der Waals surface area contributed by atoms with Gasteiger partial charge >= 0.3 is 0 Å². The van der Waals surface area contributed by atoms with Crippen molar-refractivity contribution in [1.29, 1.82) is 0 Å². The highest BCUT2D eigenvalue weighted by Gasteiger charge is 2.24. The molecular weight excluding hydrogens is 1600 g/mol. The van der Waals surface area contributed by atoms with Gasteiger partial charge in [-0.2, -0.15) is 0 Å². The van der Waals surface area contributed by atoms with Gasteiger partial charge in [-0.05, 0) is 212 Å². The SMILES string of the molecule is CC(=O)Nc1nccc2c(-c3cc(-c4ccccc4F)nc4ncccc34)nccc12.CN(C)CC(=O)Nc1nccc2c(-c3cc(-c4ccccc4F)nc4ncccc34)nccc12.COc1ccc2cnccc2c1-c1cc(-c2ccccc2F)nc2ncccc12.O=c1c2cnccc2c(-c2cc(-c3cc(F)ccc3F)nc3ncccc23)cn1CCO. The van der Waals surface area contributed by atoms with E-state index < -0.39 is 11.6 Å². The van der Waals surface area contributed by atoms with Gasteiger partial charge in [-0.1, -0.05) is 36.4 Å². The van der Waals surface area contributed by atoms with Crippen LogP contribution in [0.3, 0.4) is 0 Å². The van der Waals surface area contributed by atoms with E-state index in [-0.39, 0.29) is 65.8 Å². The predicted octanol–water partition coefficient (Wildman–Crippen LogP) is 19.2. The number of nitrogens with zero attached hydrogens (tertiary/aromatic N) is 16. The number of nitrogens with one attached hydrogen (secondary N) is 2. The van der Waals surface area contributed by atoms with Crippen molar-refractivity contribution in [2.45, 2.75) is 13.5 Å². The highest BCUT2D eigenvalue weighted by atomic mass is 19.1. The Kier molecular flexibility index (Phi) is 23.4. The van der Waals surface area contributed by atoms with Gasteiger partial charge in [-0.3, -0.25) is 34.3 Å². The number of pyridine rings is 15. The molecule has 0 aliphatic heterocycles. The first-order chi connectivity index (χ1) is 61.4. The van der Waals surface area contributed by atoms with E-state index in [1.54, 1.807) is 159 Å². The number of fused-ring (bicyclic) bond motifs is 8. The number of carbonyl (C=O) groups is 2. The summed E-state index contributed by atoms with van der Waals surface area (Å²) in [4.78, 5) is 101. The molecule has 20 aromatic rings. The molecule has 15 aromatic heterocycles. The predicted molar refractivity (Wildman–Crippen MR) is 478 cm³/mol. The summed E-state index contributed by atoms with van der Waals surface area (Å²) in [6.45, 7) is 1.56. The molecule has 0 atom stereocenters. The first-order valence-electron chi connectivity index (χ1n) is 39.4. The Labute approximate surface area is 713 Å². The van der Waals surface area contributed by atoms with E-state index in [1.165, 1.54) is 35.9 Å². The first kappa shape index (κ1) is 81.9. The third-order valence-corrected chi connectivity index (χ3v) is 20.7. The Hall–Kier alpha value is -16.5. The van der Waals surface area contributed by atoms with Crippen LogP contribution in [-0.2, 0) is 16.1 Å². The molecule has 28 heteroatoms. The van der Waals surface area contributed by atoms with Crippen LogP contribution in [0.4, 0.5) is 33.6 Å². The number of aliphatic hydroxyl groups excluding tert-OH is 1. The van der Waals surface area contributed by atoms with Crippen molar-refractivity contribution in [2.24, 2.45) is 0 Å². The Morgan fingerprint density at radius 2 is 0.833 bits per heavy atom. The van der Waals surface area contributed by atoms with Crippen LogP contribution in [0, 0.1) is 29.1 Å². The van der Waals surface area contributed by atoms with Gasteiger partial charge in [0.05, 0.1) is 59.8 Å². The van der Waals surface area contributed by atoms with Crippen molar-refractivity contribution in [3.8, 4) is 95.5 Å². The maximum atomic E-state index is 14.6. The van der Waals surface area contributed by atoms with E-state index in [2.05, 4.69) is 80.4 Å². The fourth-order valence-electron chi connectivity index (χ4n) is 15.1. The quantitative estimate of drug-likeness (QED) is 0.0804. The molecule has 15 heterocycles. The van der Waals surface area contributed by atoms with Crippen molar-refractivity contribution in [1.82, 2.24) is 79.2 Å². The van der Waals surface area contributed by atoms with E-state index in [0.29, 0.717) is 107 Å². The second-order valence-corrected chi connectivity index (χ2v) is 29.0. The number of aliphatic hydroxyl groups is 1. The van der Waals surface area contributed by atoms with Gasteiger partial charge in [0.15, 0.2) is 22.6 Å². The molecular formula is C98H69F5N18O5. The van der Waals surface area contributed by atoms with Gasteiger partial charge in [0.1, 0.15) is 46.5 Å². The molecule has 0 saturated heterocycles. The van der Waals surface area contributed by atoms with E-state index in [0.717, 1.165) is 94.7 Å². The number of ether oxygens (including phenoxy) is 1. The van der Waals surface area contributed by atoms with Gasteiger partial charge < -0.3 is 29.9 Å². The molecule has 0 aliphatic rings. The zero-order chi connectivity index (χ0) is 87.1. The summed E-state index contributed by atoms with van der Waals surface area (Å²) in [5.41, 5.74) is 10.5. The third-order valence-electron chi connectivity index (χ3n) is 20.7. The lowest BCUT2D eigenvalue weighted by Crippen LogP contribution is -2.27. The molecule has 5 aromatic carbocycles. The van der Waals surface area contributed by atoms with Crippen LogP contribution in [0.15, 0.2) is 298 Å². The largest absolute Gasteiger partial charge is 0.496 e. The van der Waals surface area contributed by atoms with E-state index in [9.17, 15) is 41.4 Å². The smallest absolute Gasteiger partial charge is 0.260 e. The van der Waals surface area contributed by atoms with E-state index >= 15 is 0 Å². The maximum absolute atomic E-state index is 14.6. The van der Waals surface area contributed by atoms with Gasteiger partial charge in [-0.25, -0.2) is 71.8 Å². The van der Waals surface area contributed by atoms with Crippen molar-refractivity contribution < 1.29 is 41.4 Å². The van der Waals surface area contributed by atoms with Crippen LogP contribution >= 0.6 is 0 Å². The number of rotatable bonds is 15. The molecule has 126 heavy (non-hydrogen) atoms. The van der Waals surface area contributed by atoms with Crippen LogP contribution in [0.5, 0.6) is 5.75 Å². The molecule has 3 N–H and O–H groups in total. The Morgan fingerprint density at radius 3 is 1.33 bits per heavy atom. The summed E-state index contributed by atoms with van der Waals surface area (Å²) >= 11 is 0. The van der Waals surface area contributed by atoms with Crippen LogP contribution in [-0.4, -0.2) is 131 Å². The van der Waals surface area contributed by atoms with Gasteiger partial charge in [0, 0.05) is 187 Å². The zero-order valence-electron chi connectivity index (χ0n) is 67.5. The van der Waals surface area contributed by atoms with Crippen molar-refractivity contribution in [3.05, 3.63) is 332 Å². The lowest BCUT2D eigenvalue weighted by molar-refractivity contribution is -0.117. The molecule has 0 fully saturated rings. The number of hydrogen-bond donors (Lipinski definition) is 3. The third kappa shape index (κ3) is 16.8. The lowest BCUT2D eigenvalue weighted by Gasteiger charge is -2.15. The molecule has 23 nitrogen and oxygen atoms in total. The Morgan fingerprint density at radius 1 is 0.397 bits per heavy atom. The summed E-state index contributed by atoms with van der Waals surface area (Å²) in [5, 5.41) is 24.3. The Bertz CT molecular complexity index is 7720. The highest BCUT2D eigenvalue weighted by molar-refractivity contribution is 6.12. The monoisotopic (exact) mass is 1670 g/mol. The Balaban J connectivity index is 0.000000119. The minimum absolute atomic E-state index is 0.00783. The number of benzene rings is 5. The number of amides is 2. The number of aromatic nitrogens is 15.